The van der Waals surface area contributed by atoms with Gasteiger partial charge in [0.1, 0.15) is 0 Å². The Hall–Kier alpha value is -1.92. The summed E-state index contributed by atoms with van der Waals surface area (Å²) < 4.78 is 4.88. The summed E-state index contributed by atoms with van der Waals surface area (Å²) in [5.74, 6) is -1.21. The average Bonchev–Trinajstić information content (AvgIpc) is 2.58. The van der Waals surface area contributed by atoms with Crippen molar-refractivity contribution in [3.63, 3.8) is 0 Å². The van der Waals surface area contributed by atoms with Crippen LogP contribution in [0, 0.1) is 5.92 Å². The Labute approximate surface area is 136 Å². The van der Waals surface area contributed by atoms with E-state index in [-0.39, 0.29) is 31.8 Å². The molecule has 128 valence electrons. The Bertz CT molecular complexity index is 477. The van der Waals surface area contributed by atoms with Crippen molar-refractivity contribution in [1.82, 2.24) is 5.32 Å². The van der Waals surface area contributed by atoms with E-state index < -0.39 is 11.9 Å². The van der Waals surface area contributed by atoms with Crippen LogP contribution in [0.15, 0.2) is 30.3 Å². The summed E-state index contributed by atoms with van der Waals surface area (Å²) >= 11 is 0. The number of aliphatic hydroxyl groups excluding tert-OH is 2. The minimum atomic E-state index is -0.556. The van der Waals surface area contributed by atoms with Crippen molar-refractivity contribution < 1.29 is 24.5 Å². The number of ether oxygens (including phenoxy) is 1. The second-order valence-electron chi connectivity index (χ2n) is 5.28. The van der Waals surface area contributed by atoms with E-state index >= 15 is 0 Å². The molecule has 1 unspecified atom stereocenters. The molecule has 0 aliphatic heterocycles. The number of rotatable bonds is 10. The molecule has 0 bridgehead atoms. The van der Waals surface area contributed by atoms with Gasteiger partial charge in [0, 0.05) is 5.56 Å². The topological polar surface area (TPSA) is 95.9 Å². The minimum Gasteiger partial charge on any atom is -0.466 e. The van der Waals surface area contributed by atoms with E-state index in [0.29, 0.717) is 24.8 Å². The van der Waals surface area contributed by atoms with Gasteiger partial charge in [0.15, 0.2) is 0 Å². The quantitative estimate of drug-likeness (QED) is 0.561. The molecule has 0 saturated carbocycles. The first kappa shape index (κ1) is 19.1. The van der Waals surface area contributed by atoms with E-state index in [1.807, 2.05) is 6.07 Å². The highest BCUT2D eigenvalue weighted by Gasteiger charge is 2.19. The number of benzene rings is 1. The van der Waals surface area contributed by atoms with E-state index in [0.717, 1.165) is 0 Å². The third-order valence-electron chi connectivity index (χ3n) is 3.54. The van der Waals surface area contributed by atoms with Crippen molar-refractivity contribution >= 4 is 11.9 Å². The molecule has 0 heterocycles. The second kappa shape index (κ2) is 10.7. The predicted octanol–water partition coefficient (Wildman–Crippen LogP) is 1.12. The van der Waals surface area contributed by atoms with Crippen LogP contribution in [-0.4, -0.2) is 48.0 Å². The van der Waals surface area contributed by atoms with Crippen LogP contribution < -0.4 is 5.32 Å². The molecule has 2 atom stereocenters. The summed E-state index contributed by atoms with van der Waals surface area (Å²) in [6.45, 7) is 1.55. The van der Waals surface area contributed by atoms with Gasteiger partial charge in [0.05, 0.1) is 31.8 Å². The van der Waals surface area contributed by atoms with Crippen LogP contribution in [0.4, 0.5) is 0 Å². The Morgan fingerprint density at radius 1 is 1.13 bits per heavy atom. The molecule has 1 amide bonds. The first-order chi connectivity index (χ1) is 11.1. The normalized spacial score (nSPS) is 13.2. The minimum absolute atomic E-state index is 0.179. The van der Waals surface area contributed by atoms with E-state index in [1.54, 1.807) is 31.2 Å². The number of hydrogen-bond acceptors (Lipinski definition) is 5. The molecule has 1 aromatic rings. The maximum Gasteiger partial charge on any atom is 0.311 e. The maximum absolute atomic E-state index is 12.0. The standard InChI is InChI=1S/C17H25NO5/c1-2-23-17(22)14(11-19)9-6-10-15(12-20)18-16(21)13-7-4-3-5-8-13/h3-5,7-8,14-15,19-20H,2,6,9-12H2,1H3,(H,18,21)/t14?,15-/m0/s1. The summed E-state index contributed by atoms with van der Waals surface area (Å²) in [4.78, 5) is 23.6. The van der Waals surface area contributed by atoms with Gasteiger partial charge in [0.25, 0.3) is 5.91 Å². The van der Waals surface area contributed by atoms with Crippen molar-refractivity contribution in [3.8, 4) is 0 Å². The highest BCUT2D eigenvalue weighted by atomic mass is 16.5. The van der Waals surface area contributed by atoms with Crippen LogP contribution >= 0.6 is 0 Å². The summed E-state index contributed by atoms with van der Waals surface area (Å²) in [5, 5.41) is 21.4. The molecule has 3 N–H and O–H groups in total. The summed E-state index contributed by atoms with van der Waals surface area (Å²) in [6.07, 6.45) is 1.56. The van der Waals surface area contributed by atoms with Gasteiger partial charge in [-0.25, -0.2) is 0 Å². The highest BCUT2D eigenvalue weighted by Crippen LogP contribution is 2.12. The zero-order valence-corrected chi connectivity index (χ0v) is 13.4. The van der Waals surface area contributed by atoms with Crippen molar-refractivity contribution in [2.24, 2.45) is 5.92 Å². The third-order valence-corrected chi connectivity index (χ3v) is 3.54. The predicted molar refractivity (Wildman–Crippen MR) is 85.8 cm³/mol. The Morgan fingerprint density at radius 2 is 1.83 bits per heavy atom. The number of aliphatic hydroxyl groups is 2. The van der Waals surface area contributed by atoms with Crippen molar-refractivity contribution in [3.05, 3.63) is 35.9 Å². The van der Waals surface area contributed by atoms with E-state index in [9.17, 15) is 19.8 Å². The molecule has 0 radical (unpaired) electrons. The third kappa shape index (κ3) is 6.80. The Balaban J connectivity index is 2.41. The summed E-state index contributed by atoms with van der Waals surface area (Å²) in [5.41, 5.74) is 0.533. The van der Waals surface area contributed by atoms with Crippen LogP contribution in [0.2, 0.25) is 0 Å². The smallest absolute Gasteiger partial charge is 0.311 e. The average molecular weight is 323 g/mol. The number of carbonyl (C=O) groups excluding carboxylic acids is 2. The molecule has 23 heavy (non-hydrogen) atoms. The van der Waals surface area contributed by atoms with Crippen LogP contribution in [0.1, 0.15) is 36.5 Å². The molecule has 6 heteroatoms. The maximum atomic E-state index is 12.0. The molecule has 0 aliphatic rings. The molecular formula is C17H25NO5. The van der Waals surface area contributed by atoms with E-state index in [4.69, 9.17) is 4.74 Å². The first-order valence-electron chi connectivity index (χ1n) is 7.86. The van der Waals surface area contributed by atoms with Crippen LogP contribution in [0.5, 0.6) is 0 Å². The van der Waals surface area contributed by atoms with Gasteiger partial charge in [0.2, 0.25) is 0 Å². The molecule has 1 aromatic carbocycles. The highest BCUT2D eigenvalue weighted by molar-refractivity contribution is 5.94. The lowest BCUT2D eigenvalue weighted by molar-refractivity contribution is -0.149. The fourth-order valence-electron chi connectivity index (χ4n) is 2.22. The van der Waals surface area contributed by atoms with Gasteiger partial charge < -0.3 is 20.3 Å². The summed E-state index contributed by atoms with van der Waals surface area (Å²) in [7, 11) is 0. The molecular weight excluding hydrogens is 298 g/mol. The number of amides is 1. The first-order valence-corrected chi connectivity index (χ1v) is 7.86. The SMILES string of the molecule is CCOC(=O)C(CO)CCC[C@@H](CO)NC(=O)c1ccccc1. The van der Waals surface area contributed by atoms with E-state index in [1.165, 1.54) is 0 Å². The van der Waals surface area contributed by atoms with Gasteiger partial charge in [-0.05, 0) is 31.9 Å². The molecule has 0 aliphatic carbocycles. The van der Waals surface area contributed by atoms with Crippen molar-refractivity contribution in [2.75, 3.05) is 19.8 Å². The Morgan fingerprint density at radius 3 is 2.39 bits per heavy atom. The Kier molecular flexibility index (Phi) is 8.94. The van der Waals surface area contributed by atoms with Crippen LogP contribution in [0.3, 0.4) is 0 Å². The fourth-order valence-corrected chi connectivity index (χ4v) is 2.22. The molecule has 0 saturated heterocycles. The number of nitrogens with one attached hydrogen (secondary N) is 1. The largest absolute Gasteiger partial charge is 0.466 e. The lowest BCUT2D eigenvalue weighted by Crippen LogP contribution is -2.37. The van der Waals surface area contributed by atoms with Crippen molar-refractivity contribution in [2.45, 2.75) is 32.2 Å². The molecule has 0 spiro atoms. The van der Waals surface area contributed by atoms with E-state index in [2.05, 4.69) is 5.32 Å². The number of hydrogen-bond donors (Lipinski definition) is 3. The lowest BCUT2D eigenvalue weighted by Gasteiger charge is -2.18. The van der Waals surface area contributed by atoms with Gasteiger partial charge in [-0.1, -0.05) is 24.6 Å². The fraction of sp³-hybridized carbons (Fsp3) is 0.529. The zero-order chi connectivity index (χ0) is 17.1. The number of carbonyl (C=O) groups is 2. The van der Waals surface area contributed by atoms with Gasteiger partial charge in [-0.3, -0.25) is 9.59 Å². The monoisotopic (exact) mass is 323 g/mol. The molecule has 0 fully saturated rings. The lowest BCUT2D eigenvalue weighted by atomic mass is 10.0. The molecule has 1 rings (SSSR count). The number of esters is 1. The van der Waals surface area contributed by atoms with Crippen molar-refractivity contribution in [1.29, 1.82) is 0 Å². The van der Waals surface area contributed by atoms with Gasteiger partial charge >= 0.3 is 5.97 Å². The zero-order valence-electron chi connectivity index (χ0n) is 13.4. The summed E-state index contributed by atoms with van der Waals surface area (Å²) in [6, 6.07) is 8.38. The molecule has 0 aromatic heterocycles. The van der Waals surface area contributed by atoms with Gasteiger partial charge in [-0.15, -0.1) is 0 Å². The molecule has 6 nitrogen and oxygen atoms in total. The van der Waals surface area contributed by atoms with Crippen LogP contribution in [-0.2, 0) is 9.53 Å². The van der Waals surface area contributed by atoms with Gasteiger partial charge in [-0.2, -0.15) is 0 Å². The second-order valence-corrected chi connectivity index (χ2v) is 5.28. The van der Waals surface area contributed by atoms with Crippen LogP contribution in [0.25, 0.3) is 0 Å².